The van der Waals surface area contributed by atoms with Crippen LogP contribution in [0.4, 0.5) is 13.2 Å². The molecule has 0 heterocycles. The third-order valence-corrected chi connectivity index (χ3v) is 2.13. The van der Waals surface area contributed by atoms with Gasteiger partial charge >= 0.3 is 6.18 Å². The molecule has 2 nitrogen and oxygen atoms in total. The van der Waals surface area contributed by atoms with Crippen LogP contribution >= 0.6 is 0 Å². The van der Waals surface area contributed by atoms with E-state index in [-0.39, 0.29) is 18.2 Å². The number of Topliss-reactive ketones (excluding diaryl/α,β-unsaturated/α-hetero) is 1. The van der Waals surface area contributed by atoms with E-state index in [2.05, 4.69) is 0 Å². The number of carbonyl (C=O) groups is 1. The average Bonchev–Trinajstić information content (AvgIpc) is 2.00. The smallest absolute Gasteiger partial charge is 0.330 e. The first-order chi connectivity index (χ1) is 6.28. The molecule has 0 aliphatic heterocycles. The van der Waals surface area contributed by atoms with Crippen LogP contribution in [0.2, 0.25) is 0 Å². The Morgan fingerprint density at radius 3 is 2.14 bits per heavy atom. The Morgan fingerprint density at radius 1 is 1.36 bits per heavy atom. The number of carbonyl (C=O) groups excluding carboxylic acids is 1. The zero-order chi connectivity index (χ0) is 11.4. The molecule has 0 aromatic heterocycles. The quantitative estimate of drug-likeness (QED) is 0.757. The van der Waals surface area contributed by atoms with Gasteiger partial charge in [0.25, 0.3) is 0 Å². The Bertz CT molecular complexity index is 189. The SMILES string of the molecule is CC(C)C(CN)C(=O)CCC(F)(F)F. The van der Waals surface area contributed by atoms with E-state index in [4.69, 9.17) is 5.73 Å². The molecule has 5 heteroatoms. The molecule has 14 heavy (non-hydrogen) atoms. The van der Waals surface area contributed by atoms with E-state index >= 15 is 0 Å². The maximum atomic E-state index is 11.8. The highest BCUT2D eigenvalue weighted by atomic mass is 19.4. The molecule has 0 spiro atoms. The van der Waals surface area contributed by atoms with Crippen molar-refractivity contribution in [1.82, 2.24) is 0 Å². The molecule has 2 N–H and O–H groups in total. The van der Waals surface area contributed by atoms with E-state index < -0.39 is 24.9 Å². The molecular formula is C9H16F3NO. The molecule has 0 aliphatic carbocycles. The van der Waals surface area contributed by atoms with Crippen molar-refractivity contribution < 1.29 is 18.0 Å². The maximum absolute atomic E-state index is 11.8. The first kappa shape index (κ1) is 13.4. The van der Waals surface area contributed by atoms with Crippen LogP contribution in [-0.4, -0.2) is 18.5 Å². The average molecular weight is 211 g/mol. The second-order valence-electron chi connectivity index (χ2n) is 3.67. The van der Waals surface area contributed by atoms with E-state index in [1.165, 1.54) is 0 Å². The lowest BCUT2D eigenvalue weighted by Crippen LogP contribution is -2.29. The summed E-state index contributed by atoms with van der Waals surface area (Å²) in [5, 5.41) is 0. The summed E-state index contributed by atoms with van der Waals surface area (Å²) >= 11 is 0. The standard InChI is InChI=1S/C9H16F3NO/c1-6(2)7(5-13)8(14)3-4-9(10,11)12/h6-7H,3-5,13H2,1-2H3. The molecule has 0 aromatic carbocycles. The molecule has 0 bridgehead atoms. The van der Waals surface area contributed by atoms with Gasteiger partial charge in [0.1, 0.15) is 5.78 Å². The summed E-state index contributed by atoms with van der Waals surface area (Å²) in [5.74, 6) is -0.835. The molecule has 0 fully saturated rings. The van der Waals surface area contributed by atoms with Crippen molar-refractivity contribution in [2.45, 2.75) is 32.9 Å². The van der Waals surface area contributed by atoms with Crippen LogP contribution in [0.1, 0.15) is 26.7 Å². The predicted octanol–water partition coefficient (Wildman–Crippen LogP) is 2.13. The highest BCUT2D eigenvalue weighted by Crippen LogP contribution is 2.23. The lowest BCUT2D eigenvalue weighted by atomic mass is 9.89. The van der Waals surface area contributed by atoms with E-state index in [9.17, 15) is 18.0 Å². The minimum absolute atomic E-state index is 0.000679. The van der Waals surface area contributed by atoms with Crippen molar-refractivity contribution in [3.05, 3.63) is 0 Å². The van der Waals surface area contributed by atoms with Crippen LogP contribution in [0.3, 0.4) is 0 Å². The summed E-state index contributed by atoms with van der Waals surface area (Å²) in [4.78, 5) is 11.3. The van der Waals surface area contributed by atoms with Crippen LogP contribution in [0, 0.1) is 11.8 Å². The van der Waals surface area contributed by atoms with Gasteiger partial charge in [-0.2, -0.15) is 13.2 Å². The second kappa shape index (κ2) is 5.34. The summed E-state index contributed by atoms with van der Waals surface area (Å²) in [6, 6.07) is 0. The van der Waals surface area contributed by atoms with Crippen molar-refractivity contribution in [1.29, 1.82) is 0 Å². The number of nitrogens with two attached hydrogens (primary N) is 1. The van der Waals surface area contributed by atoms with E-state index in [0.717, 1.165) is 0 Å². The van der Waals surface area contributed by atoms with Gasteiger partial charge in [-0.1, -0.05) is 13.8 Å². The molecule has 0 aromatic rings. The summed E-state index contributed by atoms with van der Waals surface area (Å²) in [6.45, 7) is 3.68. The summed E-state index contributed by atoms with van der Waals surface area (Å²) < 4.78 is 35.4. The van der Waals surface area contributed by atoms with Gasteiger partial charge in [0.15, 0.2) is 0 Å². The van der Waals surface area contributed by atoms with Gasteiger partial charge in [0.2, 0.25) is 0 Å². The Morgan fingerprint density at radius 2 is 1.86 bits per heavy atom. The van der Waals surface area contributed by atoms with Gasteiger partial charge in [-0.3, -0.25) is 4.79 Å². The maximum Gasteiger partial charge on any atom is 0.389 e. The monoisotopic (exact) mass is 211 g/mol. The summed E-state index contributed by atoms with van der Waals surface area (Å²) in [6.07, 6.45) is -5.76. The Kier molecular flexibility index (Phi) is 5.12. The summed E-state index contributed by atoms with van der Waals surface area (Å²) in [7, 11) is 0. The summed E-state index contributed by atoms with van der Waals surface area (Å²) in [5.41, 5.74) is 5.31. The van der Waals surface area contributed by atoms with Crippen LogP contribution < -0.4 is 5.73 Å². The number of ketones is 1. The molecule has 1 atom stereocenters. The molecule has 0 rings (SSSR count). The molecule has 84 valence electrons. The van der Waals surface area contributed by atoms with Crippen LogP contribution in [0.25, 0.3) is 0 Å². The number of rotatable bonds is 5. The minimum atomic E-state index is -4.26. The van der Waals surface area contributed by atoms with Crippen LogP contribution in [-0.2, 0) is 4.79 Å². The molecular weight excluding hydrogens is 195 g/mol. The molecule has 0 amide bonds. The fraction of sp³-hybridized carbons (Fsp3) is 0.889. The van der Waals surface area contributed by atoms with Crippen LogP contribution in [0.5, 0.6) is 0 Å². The van der Waals surface area contributed by atoms with Gasteiger partial charge < -0.3 is 5.73 Å². The van der Waals surface area contributed by atoms with E-state index in [1.54, 1.807) is 13.8 Å². The zero-order valence-corrected chi connectivity index (χ0v) is 8.40. The number of halogens is 3. The fourth-order valence-corrected chi connectivity index (χ4v) is 1.23. The first-order valence-electron chi connectivity index (χ1n) is 4.57. The van der Waals surface area contributed by atoms with Gasteiger partial charge in [-0.05, 0) is 5.92 Å². The predicted molar refractivity (Wildman–Crippen MR) is 47.7 cm³/mol. The number of alkyl halides is 3. The third-order valence-electron chi connectivity index (χ3n) is 2.13. The van der Waals surface area contributed by atoms with E-state index in [0.29, 0.717) is 0 Å². The van der Waals surface area contributed by atoms with Gasteiger partial charge in [0, 0.05) is 18.9 Å². The third kappa shape index (κ3) is 5.21. The zero-order valence-electron chi connectivity index (χ0n) is 8.40. The van der Waals surface area contributed by atoms with Crippen molar-refractivity contribution in [2.75, 3.05) is 6.54 Å². The Labute approximate surface area is 81.7 Å². The topological polar surface area (TPSA) is 43.1 Å². The highest BCUT2D eigenvalue weighted by Gasteiger charge is 2.30. The lowest BCUT2D eigenvalue weighted by Gasteiger charge is -2.17. The normalized spacial score (nSPS) is 14.5. The van der Waals surface area contributed by atoms with E-state index in [1.807, 2.05) is 0 Å². The fourth-order valence-electron chi connectivity index (χ4n) is 1.23. The minimum Gasteiger partial charge on any atom is -0.330 e. The van der Waals surface area contributed by atoms with Crippen molar-refractivity contribution >= 4 is 5.78 Å². The molecule has 0 saturated carbocycles. The molecule has 0 radical (unpaired) electrons. The first-order valence-corrected chi connectivity index (χ1v) is 4.57. The highest BCUT2D eigenvalue weighted by molar-refractivity contribution is 5.81. The Balaban J connectivity index is 4.06. The van der Waals surface area contributed by atoms with Crippen LogP contribution in [0.15, 0.2) is 0 Å². The Hall–Kier alpha value is -0.580. The van der Waals surface area contributed by atoms with Gasteiger partial charge in [-0.25, -0.2) is 0 Å². The van der Waals surface area contributed by atoms with Crippen molar-refractivity contribution in [3.63, 3.8) is 0 Å². The molecule has 0 aliphatic rings. The number of hydrogen-bond acceptors (Lipinski definition) is 2. The van der Waals surface area contributed by atoms with Gasteiger partial charge in [0.05, 0.1) is 6.42 Å². The van der Waals surface area contributed by atoms with Crippen molar-refractivity contribution in [2.24, 2.45) is 17.6 Å². The van der Waals surface area contributed by atoms with Crippen molar-refractivity contribution in [3.8, 4) is 0 Å². The largest absolute Gasteiger partial charge is 0.389 e. The second-order valence-corrected chi connectivity index (χ2v) is 3.67. The van der Waals surface area contributed by atoms with Gasteiger partial charge in [-0.15, -0.1) is 0 Å². The molecule has 0 saturated heterocycles. The number of hydrogen-bond donors (Lipinski definition) is 1. The lowest BCUT2D eigenvalue weighted by molar-refractivity contribution is -0.145. The molecule has 1 unspecified atom stereocenters.